The highest BCUT2D eigenvalue weighted by molar-refractivity contribution is 7.09. The summed E-state index contributed by atoms with van der Waals surface area (Å²) in [5.74, 6) is -5.84. The summed E-state index contributed by atoms with van der Waals surface area (Å²) in [4.78, 5) is 155. The van der Waals surface area contributed by atoms with E-state index in [2.05, 4.69) is 43.5 Å². The van der Waals surface area contributed by atoms with E-state index in [-0.39, 0.29) is 86.8 Å². The predicted octanol–water partition coefficient (Wildman–Crippen LogP) is 6.71. The quantitative estimate of drug-likeness (QED) is 0.00939. The van der Waals surface area contributed by atoms with E-state index in [1.807, 2.05) is 51.1 Å². The minimum Gasteiger partial charge on any atom is -0.455 e. The number of benzene rings is 2. The molecular weight excluding hydrogens is 1250 g/mol. The molecule has 11 amide bonds. The maximum atomic E-state index is 15.1. The summed E-state index contributed by atoms with van der Waals surface area (Å²) in [6, 6.07) is 9.40. The molecule has 1 aromatic heterocycles. The van der Waals surface area contributed by atoms with Crippen molar-refractivity contribution in [1.82, 2.24) is 46.3 Å². The second kappa shape index (κ2) is 38.9. The number of hydrogen-bond donors (Lipinski definition) is 9. The number of urea groups is 1. The average molecular weight is 1360 g/mol. The van der Waals surface area contributed by atoms with Gasteiger partial charge < -0.3 is 62.2 Å². The third kappa shape index (κ3) is 25.2. The van der Waals surface area contributed by atoms with Gasteiger partial charge in [-0.05, 0) is 92.9 Å². The lowest BCUT2D eigenvalue weighted by Crippen LogP contribution is -2.59. The van der Waals surface area contributed by atoms with Crippen molar-refractivity contribution in [3.8, 4) is 0 Å². The molecule has 0 fully saturated rings. The van der Waals surface area contributed by atoms with Gasteiger partial charge in [0.1, 0.15) is 41.5 Å². The van der Waals surface area contributed by atoms with Gasteiger partial charge in [-0.2, -0.15) is 0 Å². The van der Waals surface area contributed by atoms with Gasteiger partial charge in [0.15, 0.2) is 12.4 Å². The fourth-order valence-electron chi connectivity index (χ4n) is 11.0. The summed E-state index contributed by atoms with van der Waals surface area (Å²) in [5.41, 5.74) is 6.62. The van der Waals surface area contributed by atoms with Gasteiger partial charge in [-0.3, -0.25) is 53.0 Å². The number of imide groups is 1. The zero-order valence-electron chi connectivity index (χ0n) is 57.6. The van der Waals surface area contributed by atoms with Crippen molar-refractivity contribution >= 4 is 82.4 Å². The molecule has 27 heteroatoms. The Morgan fingerprint density at radius 3 is 2.02 bits per heavy atom. The lowest BCUT2D eigenvalue weighted by Gasteiger charge is -2.38. The fourth-order valence-corrected chi connectivity index (χ4v) is 11.8. The molecule has 10 N–H and O–H groups in total. The molecule has 0 spiro atoms. The summed E-state index contributed by atoms with van der Waals surface area (Å²) in [7, 11) is 1.42. The molecule has 8 atom stereocenters. The molecule has 4 rings (SSSR count). The Morgan fingerprint density at radius 1 is 0.792 bits per heavy atom. The molecule has 2 heterocycles. The molecule has 3 aromatic rings. The van der Waals surface area contributed by atoms with Crippen LogP contribution in [-0.2, 0) is 60.9 Å². The van der Waals surface area contributed by atoms with Crippen molar-refractivity contribution in [1.29, 1.82) is 0 Å². The number of aromatic nitrogens is 1. The zero-order chi connectivity index (χ0) is 71.6. The topological polar surface area (TPSA) is 367 Å². The minimum atomic E-state index is -1.65. The van der Waals surface area contributed by atoms with Gasteiger partial charge in [-0.1, -0.05) is 130 Å². The van der Waals surface area contributed by atoms with E-state index in [1.165, 1.54) is 26.1 Å². The molecule has 528 valence electrons. The van der Waals surface area contributed by atoms with Crippen LogP contribution < -0.4 is 37.6 Å². The van der Waals surface area contributed by atoms with Gasteiger partial charge in [0.25, 0.3) is 17.7 Å². The third-order valence-electron chi connectivity index (χ3n) is 16.6. The fraction of sp³-hybridized carbons (Fsp3) is 0.565. The number of anilines is 1. The van der Waals surface area contributed by atoms with E-state index in [1.54, 1.807) is 83.0 Å². The third-order valence-corrected chi connectivity index (χ3v) is 17.6. The molecule has 1 aliphatic heterocycles. The van der Waals surface area contributed by atoms with E-state index in [0.717, 1.165) is 26.7 Å². The lowest BCUT2D eigenvalue weighted by atomic mass is 9.83. The van der Waals surface area contributed by atoms with E-state index >= 15 is 4.79 Å². The number of thiazole rings is 1. The maximum Gasteiger partial charge on any atom is 0.410 e. The standard InChI is InChI=1S/C69H101N11O15S/c1-14-34-79(52(41(3)4)37-53(95-45(10)81)64-75-51(40-96-64)61(86)73-49(38-69(11,12)66(90)91)36-46-23-18-16-19-24-46)65(89)58(44(9)15-2)77-63(88)59(43(7)8)78(13)68(93)94-39-47-27-29-48(30-28-47)72-60(85)50(25-22-33-71-67(70)92)74-62(87)57(42(5)6)76-54(82)26-20-17-21-35-80-55(83)31-32-56(80)84/h16,18-19,23-24,27-32,40,42-44,49-50,52-53,57-59,66,90-91H,3,14-15,17,20-22,25-26,33-39H2,1-2,4-13H3,(H,72,85)(H,73,86)(H,74,87)(H,76,82)(H,77,88)(H3,70,71,92)/t44-,49-,50-,52+,53+,57-,58-,59+/m0/s1. The van der Waals surface area contributed by atoms with Crippen LogP contribution in [0, 0.1) is 23.2 Å². The molecule has 0 aliphatic carbocycles. The van der Waals surface area contributed by atoms with Crippen molar-refractivity contribution in [3.05, 3.63) is 106 Å². The summed E-state index contributed by atoms with van der Waals surface area (Å²) >= 11 is 1.10. The van der Waals surface area contributed by atoms with E-state index in [4.69, 9.17) is 15.2 Å². The lowest BCUT2D eigenvalue weighted by molar-refractivity contribution is -0.149. The number of unbranched alkanes of at least 4 members (excludes halogenated alkanes) is 2. The van der Waals surface area contributed by atoms with Crippen LogP contribution in [0.15, 0.2) is 84.3 Å². The molecule has 26 nitrogen and oxygen atoms in total. The Bertz CT molecular complexity index is 3150. The number of ether oxygens (including phenoxy) is 2. The van der Waals surface area contributed by atoms with Gasteiger partial charge in [0, 0.05) is 81.1 Å². The molecule has 0 radical (unpaired) electrons. The Hall–Kier alpha value is -8.56. The number of hydrogen-bond acceptors (Lipinski definition) is 17. The molecule has 0 saturated heterocycles. The first-order chi connectivity index (χ1) is 45.3. The maximum absolute atomic E-state index is 15.1. The first-order valence-corrected chi connectivity index (χ1v) is 33.7. The van der Waals surface area contributed by atoms with Crippen LogP contribution >= 0.6 is 11.3 Å². The number of aliphatic hydroxyl groups excluding tert-OH is 1. The van der Waals surface area contributed by atoms with E-state index in [0.29, 0.717) is 55.3 Å². The van der Waals surface area contributed by atoms with Crippen LogP contribution in [0.25, 0.3) is 0 Å². The minimum absolute atomic E-state index is 0.00168. The number of esters is 1. The van der Waals surface area contributed by atoms with Crippen LogP contribution in [0.1, 0.15) is 173 Å². The molecule has 0 saturated carbocycles. The number of nitrogens with zero attached hydrogens (tertiary/aromatic N) is 4. The Morgan fingerprint density at radius 2 is 1.45 bits per heavy atom. The Labute approximate surface area is 567 Å². The highest BCUT2D eigenvalue weighted by Crippen LogP contribution is 2.33. The number of nitrogens with two attached hydrogens (primary N) is 1. The summed E-state index contributed by atoms with van der Waals surface area (Å²) in [5, 5.41) is 38.9. The molecule has 0 unspecified atom stereocenters. The monoisotopic (exact) mass is 1360 g/mol. The average Bonchev–Trinajstić information content (AvgIpc) is 1.27. The number of amides is 11. The molecule has 96 heavy (non-hydrogen) atoms. The molecular formula is C69H101N11O15S. The Balaban J connectivity index is 1.44. The van der Waals surface area contributed by atoms with Crippen LogP contribution in [0.5, 0.6) is 0 Å². The largest absolute Gasteiger partial charge is 0.455 e. The van der Waals surface area contributed by atoms with E-state index < -0.39 is 119 Å². The van der Waals surface area contributed by atoms with Gasteiger partial charge >= 0.3 is 18.1 Å². The Kier molecular flexibility index (Phi) is 32.3. The van der Waals surface area contributed by atoms with Gasteiger partial charge in [0.05, 0.1) is 6.04 Å². The number of carbonyl (C=O) groups is 11. The van der Waals surface area contributed by atoms with Crippen molar-refractivity contribution in [2.75, 3.05) is 32.0 Å². The summed E-state index contributed by atoms with van der Waals surface area (Å²) in [6.07, 6.45) is 2.35. The van der Waals surface area contributed by atoms with Crippen molar-refractivity contribution in [2.45, 2.75) is 202 Å². The highest BCUT2D eigenvalue weighted by Gasteiger charge is 2.40. The number of primary amides is 1. The summed E-state index contributed by atoms with van der Waals surface area (Å²) in [6.45, 7) is 23.5. The van der Waals surface area contributed by atoms with Crippen LogP contribution in [0.3, 0.4) is 0 Å². The van der Waals surface area contributed by atoms with Crippen molar-refractivity contribution < 1.29 is 72.4 Å². The van der Waals surface area contributed by atoms with E-state index in [9.17, 15) is 58.2 Å². The second-order valence-corrected chi connectivity index (χ2v) is 26.8. The van der Waals surface area contributed by atoms with Gasteiger partial charge in [-0.15, -0.1) is 11.3 Å². The normalized spacial score (nSPS) is 14.7. The molecule has 2 aromatic carbocycles. The number of rotatable bonds is 40. The van der Waals surface area contributed by atoms with Gasteiger partial charge in [0.2, 0.25) is 29.5 Å². The SMILES string of the molecule is C=C(C)[C@@H](C[C@@H](OC(C)=O)c1nc(C(=O)N[C@@H](Cc2ccccc2)CC(C)(C)C(O)O)cs1)N(CCC)C(=O)[C@@H](NC(=O)[C@@H](C(C)C)N(C)C(=O)OCc1ccc(NC(=O)[C@H](CCCNC(N)=O)NC(=O)[C@@H](NC(=O)CCCCCN2C(=O)C=CC2=O)C(C)C)cc1)[C@@H](C)CC. The van der Waals surface area contributed by atoms with Crippen LogP contribution in [0.4, 0.5) is 15.3 Å². The van der Waals surface area contributed by atoms with Crippen molar-refractivity contribution in [2.24, 2.45) is 28.9 Å². The number of likely N-dealkylation sites (N-methyl/N-ethyl adjacent to an activating group) is 1. The predicted molar refractivity (Wildman–Crippen MR) is 363 cm³/mol. The van der Waals surface area contributed by atoms with Crippen molar-refractivity contribution in [3.63, 3.8) is 0 Å². The summed E-state index contributed by atoms with van der Waals surface area (Å²) < 4.78 is 11.6. The van der Waals surface area contributed by atoms with Crippen LogP contribution in [0.2, 0.25) is 0 Å². The second-order valence-electron chi connectivity index (χ2n) is 25.9. The molecule has 1 aliphatic rings. The first-order valence-electron chi connectivity index (χ1n) is 32.8. The first kappa shape index (κ1) is 79.9. The van der Waals surface area contributed by atoms with Gasteiger partial charge in [-0.25, -0.2) is 14.6 Å². The number of aliphatic hydroxyl groups is 2. The zero-order valence-corrected chi connectivity index (χ0v) is 58.4. The highest BCUT2D eigenvalue weighted by atomic mass is 32.1. The van der Waals surface area contributed by atoms with Crippen LogP contribution in [-0.4, -0.2) is 164 Å². The number of carbonyl (C=O) groups excluding carboxylic acids is 11. The molecule has 0 bridgehead atoms. The number of nitrogens with one attached hydrogen (secondary N) is 6. The smallest absolute Gasteiger partial charge is 0.410 e.